The lowest BCUT2D eigenvalue weighted by Crippen LogP contribution is -2.28. The number of hydrogen-bond acceptors (Lipinski definition) is 5. The number of amides is 1. The molecule has 0 fully saturated rings. The van der Waals surface area contributed by atoms with Crippen molar-refractivity contribution in [2.45, 2.75) is 13.0 Å². The first-order valence-electron chi connectivity index (χ1n) is 7.24. The maximum atomic E-state index is 11.7. The van der Waals surface area contributed by atoms with Gasteiger partial charge >= 0.3 is 5.97 Å². The van der Waals surface area contributed by atoms with E-state index in [4.69, 9.17) is 4.74 Å². The van der Waals surface area contributed by atoms with Crippen LogP contribution in [0.15, 0.2) is 41.1 Å². The summed E-state index contributed by atoms with van der Waals surface area (Å²) in [5, 5.41) is 6.52. The molecule has 1 aromatic heterocycles. The zero-order valence-electron chi connectivity index (χ0n) is 13.2. The largest absolute Gasteiger partial charge is 0.455 e. The molecule has 0 atom stereocenters. The van der Waals surface area contributed by atoms with Crippen molar-refractivity contribution < 1.29 is 14.3 Å². The number of rotatable bonds is 7. The number of nitrogens with zero attached hydrogens (tertiary/aromatic N) is 1. The van der Waals surface area contributed by atoms with Crippen molar-refractivity contribution >= 4 is 28.9 Å². The molecule has 1 aromatic carbocycles. The Morgan fingerprint density at radius 3 is 2.48 bits per heavy atom. The van der Waals surface area contributed by atoms with Crippen molar-refractivity contribution in [3.63, 3.8) is 0 Å². The van der Waals surface area contributed by atoms with Crippen LogP contribution in [-0.4, -0.2) is 32.6 Å². The minimum Gasteiger partial charge on any atom is -0.455 e. The van der Waals surface area contributed by atoms with Gasteiger partial charge in [-0.05, 0) is 40.1 Å². The Balaban J connectivity index is 1.69. The molecule has 0 aliphatic carbocycles. The molecule has 6 heteroatoms. The molecule has 23 heavy (non-hydrogen) atoms. The Bertz CT molecular complexity index is 636. The van der Waals surface area contributed by atoms with Crippen LogP contribution in [0.1, 0.15) is 11.1 Å². The van der Waals surface area contributed by atoms with Crippen LogP contribution in [0.5, 0.6) is 0 Å². The highest BCUT2D eigenvalue weighted by Gasteiger charge is 2.08. The van der Waals surface area contributed by atoms with Crippen molar-refractivity contribution in [3.8, 4) is 0 Å². The fraction of sp³-hybridized carbons (Fsp3) is 0.294. The number of anilines is 1. The van der Waals surface area contributed by atoms with Gasteiger partial charge in [-0.25, -0.2) is 0 Å². The summed E-state index contributed by atoms with van der Waals surface area (Å²) in [4.78, 5) is 25.3. The van der Waals surface area contributed by atoms with Gasteiger partial charge in [0.25, 0.3) is 5.91 Å². The Hall–Kier alpha value is -2.34. The molecule has 1 N–H and O–H groups in total. The lowest BCUT2D eigenvalue weighted by atomic mass is 10.2. The monoisotopic (exact) mass is 332 g/mol. The van der Waals surface area contributed by atoms with E-state index in [-0.39, 0.29) is 18.9 Å². The van der Waals surface area contributed by atoms with Gasteiger partial charge < -0.3 is 15.0 Å². The average molecular weight is 332 g/mol. The highest BCUT2D eigenvalue weighted by Crippen LogP contribution is 2.12. The fourth-order valence-electron chi connectivity index (χ4n) is 1.92. The predicted molar refractivity (Wildman–Crippen MR) is 91.6 cm³/mol. The maximum absolute atomic E-state index is 11.7. The number of thiophene rings is 1. The molecule has 0 saturated heterocycles. The molecule has 0 saturated carbocycles. The van der Waals surface area contributed by atoms with Gasteiger partial charge in [0.1, 0.15) is 0 Å². The second-order valence-corrected chi connectivity index (χ2v) is 6.09. The van der Waals surface area contributed by atoms with Crippen molar-refractivity contribution in [1.82, 2.24) is 5.32 Å². The SMILES string of the molecule is CN(C)c1ccc(CNC(=O)COC(=O)Cc2ccsc2)cc1. The summed E-state index contributed by atoms with van der Waals surface area (Å²) >= 11 is 1.52. The second-order valence-electron chi connectivity index (χ2n) is 5.31. The molecular weight excluding hydrogens is 312 g/mol. The van der Waals surface area contributed by atoms with Gasteiger partial charge in [-0.1, -0.05) is 12.1 Å². The molecule has 0 unspecified atom stereocenters. The molecule has 1 amide bonds. The normalized spacial score (nSPS) is 10.2. The maximum Gasteiger partial charge on any atom is 0.310 e. The minimum absolute atomic E-state index is 0.197. The number of esters is 1. The van der Waals surface area contributed by atoms with E-state index in [0.29, 0.717) is 6.54 Å². The number of nitrogens with one attached hydrogen (secondary N) is 1. The lowest BCUT2D eigenvalue weighted by Gasteiger charge is -2.13. The van der Waals surface area contributed by atoms with E-state index in [1.54, 1.807) is 0 Å². The van der Waals surface area contributed by atoms with Crippen LogP contribution in [0.4, 0.5) is 5.69 Å². The van der Waals surface area contributed by atoms with Crippen molar-refractivity contribution in [3.05, 3.63) is 52.2 Å². The van der Waals surface area contributed by atoms with Crippen molar-refractivity contribution in [1.29, 1.82) is 0 Å². The van der Waals surface area contributed by atoms with E-state index < -0.39 is 5.97 Å². The van der Waals surface area contributed by atoms with Gasteiger partial charge in [0.05, 0.1) is 6.42 Å². The summed E-state index contributed by atoms with van der Waals surface area (Å²) < 4.78 is 4.96. The molecule has 2 rings (SSSR count). The molecule has 122 valence electrons. The third-order valence-corrected chi connectivity index (χ3v) is 3.97. The third-order valence-electron chi connectivity index (χ3n) is 3.24. The first-order chi connectivity index (χ1) is 11.0. The van der Waals surface area contributed by atoms with Crippen molar-refractivity contribution in [2.75, 3.05) is 25.6 Å². The smallest absolute Gasteiger partial charge is 0.310 e. The van der Waals surface area contributed by atoms with Gasteiger partial charge in [-0.15, -0.1) is 0 Å². The zero-order valence-corrected chi connectivity index (χ0v) is 14.1. The third kappa shape index (κ3) is 5.75. The first-order valence-corrected chi connectivity index (χ1v) is 8.18. The highest BCUT2D eigenvalue weighted by molar-refractivity contribution is 7.07. The van der Waals surface area contributed by atoms with Gasteiger partial charge in [-0.3, -0.25) is 9.59 Å². The summed E-state index contributed by atoms with van der Waals surface area (Å²) in [7, 11) is 3.95. The summed E-state index contributed by atoms with van der Waals surface area (Å²) in [6.07, 6.45) is 0.197. The summed E-state index contributed by atoms with van der Waals surface area (Å²) in [5.41, 5.74) is 3.00. The fourth-order valence-corrected chi connectivity index (χ4v) is 2.59. The van der Waals surface area contributed by atoms with Crippen LogP contribution in [0.3, 0.4) is 0 Å². The van der Waals surface area contributed by atoms with Gasteiger partial charge in [0.2, 0.25) is 0 Å². The van der Waals surface area contributed by atoms with Crippen LogP contribution >= 0.6 is 11.3 Å². The van der Waals surface area contributed by atoms with E-state index >= 15 is 0 Å². The summed E-state index contributed by atoms with van der Waals surface area (Å²) in [5.74, 6) is -0.700. The molecule has 1 heterocycles. The van der Waals surface area contributed by atoms with Gasteiger partial charge in [0.15, 0.2) is 6.61 Å². The average Bonchev–Trinajstić information content (AvgIpc) is 3.04. The number of carbonyl (C=O) groups excluding carboxylic acids is 2. The summed E-state index contributed by atoms with van der Waals surface area (Å²) in [6, 6.07) is 9.75. The molecule has 0 aliphatic heterocycles. The minimum atomic E-state index is -0.395. The van der Waals surface area contributed by atoms with Crippen LogP contribution in [0.25, 0.3) is 0 Å². The van der Waals surface area contributed by atoms with Crippen LogP contribution in [0, 0.1) is 0 Å². The Labute approximate surface area is 139 Å². The molecule has 2 aromatic rings. The molecule has 0 bridgehead atoms. The molecule has 0 aliphatic rings. The zero-order chi connectivity index (χ0) is 16.7. The topological polar surface area (TPSA) is 58.6 Å². The summed E-state index contributed by atoms with van der Waals surface area (Å²) in [6.45, 7) is 0.160. The first kappa shape index (κ1) is 17.0. The lowest BCUT2D eigenvalue weighted by molar-refractivity contribution is -0.147. The highest BCUT2D eigenvalue weighted by atomic mass is 32.1. The second kappa shape index (κ2) is 8.33. The standard InChI is InChI=1S/C17H20N2O3S/c1-19(2)15-5-3-13(4-6-15)10-18-16(20)11-22-17(21)9-14-7-8-23-12-14/h3-8,12H,9-11H2,1-2H3,(H,18,20). The molecule has 5 nitrogen and oxygen atoms in total. The van der Waals surface area contributed by atoms with E-state index in [1.165, 1.54) is 11.3 Å². The van der Waals surface area contributed by atoms with E-state index in [1.807, 2.05) is 60.1 Å². The Kier molecular flexibility index (Phi) is 6.17. The number of benzene rings is 1. The molecule has 0 radical (unpaired) electrons. The van der Waals surface area contributed by atoms with Crippen LogP contribution < -0.4 is 10.2 Å². The van der Waals surface area contributed by atoms with Crippen LogP contribution in [-0.2, 0) is 27.3 Å². The Morgan fingerprint density at radius 1 is 1.13 bits per heavy atom. The molecule has 0 spiro atoms. The number of hydrogen-bond donors (Lipinski definition) is 1. The van der Waals surface area contributed by atoms with E-state index in [2.05, 4.69) is 5.32 Å². The molecular formula is C17H20N2O3S. The van der Waals surface area contributed by atoms with Gasteiger partial charge in [0, 0.05) is 26.3 Å². The van der Waals surface area contributed by atoms with Crippen molar-refractivity contribution in [2.24, 2.45) is 0 Å². The van der Waals surface area contributed by atoms with E-state index in [0.717, 1.165) is 16.8 Å². The van der Waals surface area contributed by atoms with Crippen LogP contribution in [0.2, 0.25) is 0 Å². The Morgan fingerprint density at radius 2 is 1.87 bits per heavy atom. The number of ether oxygens (including phenoxy) is 1. The number of carbonyl (C=O) groups is 2. The quantitative estimate of drug-likeness (QED) is 0.790. The van der Waals surface area contributed by atoms with Gasteiger partial charge in [-0.2, -0.15) is 11.3 Å². The predicted octanol–water partition coefficient (Wildman–Crippen LogP) is 2.22. The van der Waals surface area contributed by atoms with E-state index in [9.17, 15) is 9.59 Å².